The largest absolute Gasteiger partial charge is 0.370 e. The molecule has 1 aromatic heterocycles. The number of fused-ring (bicyclic) bond motifs is 1. The van der Waals surface area contributed by atoms with Crippen LogP contribution in [0.3, 0.4) is 0 Å². The van der Waals surface area contributed by atoms with Crippen LogP contribution in [0.1, 0.15) is 75.1 Å². The molecule has 21 heavy (non-hydrogen) atoms. The van der Waals surface area contributed by atoms with Gasteiger partial charge in [0, 0.05) is 25.8 Å². The maximum absolute atomic E-state index is 5.98. The Morgan fingerprint density at radius 2 is 2.10 bits per heavy atom. The normalized spacial score (nSPS) is 28.9. The average Bonchev–Trinajstić information content (AvgIpc) is 2.94. The van der Waals surface area contributed by atoms with Crippen molar-refractivity contribution in [1.82, 2.24) is 15.3 Å². The molecule has 0 bridgehead atoms. The van der Waals surface area contributed by atoms with Crippen LogP contribution in [0.4, 0.5) is 0 Å². The fraction of sp³-hybridized carbons (Fsp3) is 0.765. The van der Waals surface area contributed by atoms with Gasteiger partial charge in [-0.3, -0.25) is 0 Å². The Bertz CT molecular complexity index is 529. The molecule has 1 saturated carbocycles. The molecule has 0 amide bonds. The lowest BCUT2D eigenvalue weighted by molar-refractivity contribution is -0.0649. The highest BCUT2D eigenvalue weighted by molar-refractivity contribution is 5.32. The van der Waals surface area contributed by atoms with Gasteiger partial charge in [0.05, 0.1) is 11.4 Å². The first-order valence-electron chi connectivity index (χ1n) is 8.22. The quantitative estimate of drug-likeness (QED) is 0.928. The molecule has 0 spiro atoms. The van der Waals surface area contributed by atoms with E-state index in [1.807, 2.05) is 7.11 Å². The van der Waals surface area contributed by atoms with E-state index in [4.69, 9.17) is 14.7 Å². The van der Waals surface area contributed by atoms with Crippen LogP contribution in [0.5, 0.6) is 0 Å². The lowest BCUT2D eigenvalue weighted by Gasteiger charge is -2.38. The van der Waals surface area contributed by atoms with E-state index in [1.54, 1.807) is 0 Å². The summed E-state index contributed by atoms with van der Waals surface area (Å²) in [5, 5.41) is 3.41. The van der Waals surface area contributed by atoms with Crippen LogP contribution < -0.4 is 5.32 Å². The minimum atomic E-state index is -0.279. The summed E-state index contributed by atoms with van der Waals surface area (Å²) in [6.07, 6.45) is 4.56. The molecule has 4 nitrogen and oxygen atoms in total. The van der Waals surface area contributed by atoms with Crippen molar-refractivity contribution in [2.24, 2.45) is 5.92 Å². The summed E-state index contributed by atoms with van der Waals surface area (Å²) >= 11 is 0. The van der Waals surface area contributed by atoms with Gasteiger partial charge < -0.3 is 10.1 Å². The molecule has 1 aliphatic carbocycles. The van der Waals surface area contributed by atoms with Crippen molar-refractivity contribution in [2.45, 2.75) is 71.1 Å². The highest BCUT2D eigenvalue weighted by atomic mass is 16.5. The average molecular weight is 289 g/mol. The van der Waals surface area contributed by atoms with Gasteiger partial charge in [-0.25, -0.2) is 9.97 Å². The summed E-state index contributed by atoms with van der Waals surface area (Å²) in [7, 11) is 1.82. The third-order valence-electron chi connectivity index (χ3n) is 5.02. The Balaban J connectivity index is 2.07. The summed E-state index contributed by atoms with van der Waals surface area (Å²) in [6.45, 7) is 8.51. The smallest absolute Gasteiger partial charge is 0.160 e. The molecule has 0 saturated heterocycles. The standard InChI is InChI=1S/C17H27N3O/c1-11(2)15-13-9-18-10-14(13)19-16(20-15)17(21-4)7-5-6-12(3)8-17/h11-12,18H,5-10H2,1-4H3. The highest BCUT2D eigenvalue weighted by Gasteiger charge is 2.40. The molecular formula is C17H27N3O. The van der Waals surface area contributed by atoms with Crippen molar-refractivity contribution < 1.29 is 4.74 Å². The van der Waals surface area contributed by atoms with Crippen molar-refractivity contribution >= 4 is 0 Å². The summed E-state index contributed by atoms with van der Waals surface area (Å²) in [6, 6.07) is 0. The third-order valence-corrected chi connectivity index (χ3v) is 5.02. The molecular weight excluding hydrogens is 262 g/mol. The van der Waals surface area contributed by atoms with E-state index in [1.165, 1.54) is 29.8 Å². The van der Waals surface area contributed by atoms with Crippen LogP contribution in [-0.2, 0) is 23.4 Å². The fourth-order valence-corrected chi connectivity index (χ4v) is 3.86. The van der Waals surface area contributed by atoms with Gasteiger partial charge in [0.15, 0.2) is 5.82 Å². The van der Waals surface area contributed by atoms with Crippen molar-refractivity contribution in [1.29, 1.82) is 0 Å². The predicted octanol–water partition coefficient (Wildman–Crippen LogP) is 3.26. The summed E-state index contributed by atoms with van der Waals surface area (Å²) < 4.78 is 5.98. The zero-order valence-corrected chi connectivity index (χ0v) is 13.7. The second kappa shape index (κ2) is 5.65. The molecule has 0 radical (unpaired) electrons. The first-order chi connectivity index (χ1) is 10.1. The molecule has 1 aliphatic heterocycles. The van der Waals surface area contributed by atoms with E-state index >= 15 is 0 Å². The number of nitrogens with zero attached hydrogens (tertiary/aromatic N) is 2. The second-order valence-corrected chi connectivity index (χ2v) is 7.02. The number of hydrogen-bond donors (Lipinski definition) is 1. The van der Waals surface area contributed by atoms with Gasteiger partial charge in [-0.2, -0.15) is 0 Å². The number of methoxy groups -OCH3 is 1. The topological polar surface area (TPSA) is 47.0 Å². The lowest BCUT2D eigenvalue weighted by atomic mass is 9.78. The van der Waals surface area contributed by atoms with Crippen LogP contribution in [-0.4, -0.2) is 17.1 Å². The van der Waals surface area contributed by atoms with Crippen molar-refractivity contribution in [3.05, 3.63) is 22.8 Å². The number of hydrogen-bond acceptors (Lipinski definition) is 4. The van der Waals surface area contributed by atoms with Crippen LogP contribution >= 0.6 is 0 Å². The van der Waals surface area contributed by atoms with E-state index in [-0.39, 0.29) is 5.60 Å². The first kappa shape index (κ1) is 14.9. The van der Waals surface area contributed by atoms with Crippen molar-refractivity contribution in [3.63, 3.8) is 0 Å². The lowest BCUT2D eigenvalue weighted by Crippen LogP contribution is -2.36. The Labute approximate surface area is 127 Å². The van der Waals surface area contributed by atoms with Crippen LogP contribution in [0.2, 0.25) is 0 Å². The minimum absolute atomic E-state index is 0.279. The second-order valence-electron chi connectivity index (χ2n) is 7.02. The van der Waals surface area contributed by atoms with E-state index in [0.29, 0.717) is 11.8 Å². The number of ether oxygens (including phenoxy) is 1. The summed E-state index contributed by atoms with van der Waals surface area (Å²) in [4.78, 5) is 9.87. The Morgan fingerprint density at radius 1 is 1.29 bits per heavy atom. The summed E-state index contributed by atoms with van der Waals surface area (Å²) in [5.41, 5.74) is 3.41. The third kappa shape index (κ3) is 2.59. The Morgan fingerprint density at radius 3 is 2.76 bits per heavy atom. The van der Waals surface area contributed by atoms with Crippen LogP contribution in [0, 0.1) is 5.92 Å². The number of rotatable bonds is 3. The SMILES string of the molecule is COC1(c2nc3c(c(C(C)C)n2)CNC3)CCCC(C)C1. The fourth-order valence-electron chi connectivity index (χ4n) is 3.86. The van der Waals surface area contributed by atoms with Crippen molar-refractivity contribution in [3.8, 4) is 0 Å². The Kier molecular flexibility index (Phi) is 4.02. The molecule has 2 heterocycles. The zero-order chi connectivity index (χ0) is 15.0. The molecule has 2 unspecified atom stereocenters. The Hall–Kier alpha value is -1.00. The van der Waals surface area contributed by atoms with Crippen LogP contribution in [0.25, 0.3) is 0 Å². The molecule has 0 aromatic carbocycles. The monoisotopic (exact) mass is 289 g/mol. The van der Waals surface area contributed by atoms with E-state index in [9.17, 15) is 0 Å². The molecule has 116 valence electrons. The maximum Gasteiger partial charge on any atom is 0.160 e. The van der Waals surface area contributed by atoms with E-state index in [2.05, 4.69) is 26.1 Å². The molecule has 1 N–H and O–H groups in total. The van der Waals surface area contributed by atoms with Gasteiger partial charge in [-0.05, 0) is 31.1 Å². The van der Waals surface area contributed by atoms with Crippen LogP contribution in [0.15, 0.2) is 0 Å². The number of nitrogens with one attached hydrogen (secondary N) is 1. The number of aromatic nitrogens is 2. The van der Waals surface area contributed by atoms with E-state index in [0.717, 1.165) is 31.8 Å². The van der Waals surface area contributed by atoms with Gasteiger partial charge in [0.2, 0.25) is 0 Å². The van der Waals surface area contributed by atoms with Gasteiger partial charge in [-0.15, -0.1) is 0 Å². The molecule has 2 atom stereocenters. The van der Waals surface area contributed by atoms with Gasteiger partial charge in [0.1, 0.15) is 5.60 Å². The predicted molar refractivity (Wildman–Crippen MR) is 83.0 cm³/mol. The summed E-state index contributed by atoms with van der Waals surface area (Å²) in [5.74, 6) is 2.02. The molecule has 1 aromatic rings. The minimum Gasteiger partial charge on any atom is -0.370 e. The highest BCUT2D eigenvalue weighted by Crippen LogP contribution is 2.42. The molecule has 1 fully saturated rings. The molecule has 3 rings (SSSR count). The molecule has 2 aliphatic rings. The van der Waals surface area contributed by atoms with Gasteiger partial charge in [-0.1, -0.05) is 27.2 Å². The van der Waals surface area contributed by atoms with Gasteiger partial charge >= 0.3 is 0 Å². The van der Waals surface area contributed by atoms with E-state index < -0.39 is 0 Å². The molecule has 4 heteroatoms. The maximum atomic E-state index is 5.98. The van der Waals surface area contributed by atoms with Crippen molar-refractivity contribution in [2.75, 3.05) is 7.11 Å². The first-order valence-corrected chi connectivity index (χ1v) is 8.22. The van der Waals surface area contributed by atoms with Gasteiger partial charge in [0.25, 0.3) is 0 Å². The zero-order valence-electron chi connectivity index (χ0n) is 13.7.